The Morgan fingerprint density at radius 3 is 2.50 bits per heavy atom. The molecule has 2 unspecified atom stereocenters. The number of carbonyl (C=O) groups is 2. The maximum atomic E-state index is 13.7. The quantitative estimate of drug-likeness (QED) is 0.208. The Labute approximate surface area is 249 Å². The van der Waals surface area contributed by atoms with Crippen LogP contribution in [0.15, 0.2) is 91.0 Å². The summed E-state index contributed by atoms with van der Waals surface area (Å²) in [6.45, 7) is 0.764. The normalized spacial score (nSPS) is 22.3. The fraction of sp³-hybridized carbons (Fsp3) is 0.294. The molecule has 2 heterocycles. The lowest BCUT2D eigenvalue weighted by Gasteiger charge is -2.45. The van der Waals surface area contributed by atoms with Crippen LogP contribution in [0.5, 0.6) is 5.75 Å². The SMILES string of the molecule is COc1ccc(CN2C(=O)SC[C@H]2C2(OC)CC(OC(=O)c3ccccc3-c3cccc4ccccc34)CCO2)cc1. The first kappa shape index (κ1) is 28.3. The number of rotatable bonds is 8. The molecular formula is C34H33NO6S. The Kier molecular flexibility index (Phi) is 8.20. The van der Waals surface area contributed by atoms with Gasteiger partial charge in [-0.25, -0.2) is 4.79 Å². The van der Waals surface area contributed by atoms with E-state index < -0.39 is 11.9 Å². The van der Waals surface area contributed by atoms with Crippen molar-refractivity contribution in [1.29, 1.82) is 0 Å². The predicted octanol–water partition coefficient (Wildman–Crippen LogP) is 6.93. The zero-order valence-electron chi connectivity index (χ0n) is 23.7. The van der Waals surface area contributed by atoms with E-state index in [0.29, 0.717) is 37.3 Å². The van der Waals surface area contributed by atoms with E-state index in [9.17, 15) is 9.59 Å². The highest BCUT2D eigenvalue weighted by Crippen LogP contribution is 2.41. The van der Waals surface area contributed by atoms with Crippen LogP contribution in [0.2, 0.25) is 0 Å². The zero-order chi connectivity index (χ0) is 29.1. The molecular weight excluding hydrogens is 550 g/mol. The molecule has 0 radical (unpaired) electrons. The Morgan fingerprint density at radius 2 is 1.69 bits per heavy atom. The summed E-state index contributed by atoms with van der Waals surface area (Å²) >= 11 is 1.25. The van der Waals surface area contributed by atoms with Gasteiger partial charge in [0, 0.05) is 32.2 Å². The molecule has 0 spiro atoms. The minimum atomic E-state index is -1.09. The molecule has 4 aromatic rings. The Bertz CT molecular complexity index is 1590. The molecule has 7 nitrogen and oxygen atoms in total. The third kappa shape index (κ3) is 5.50. The van der Waals surface area contributed by atoms with Gasteiger partial charge < -0.3 is 23.8 Å². The number of amides is 1. The number of hydrogen-bond acceptors (Lipinski definition) is 7. The Balaban J connectivity index is 1.22. The third-order valence-electron chi connectivity index (χ3n) is 8.14. The molecule has 2 aliphatic heterocycles. The lowest BCUT2D eigenvalue weighted by molar-refractivity contribution is -0.280. The molecule has 4 aromatic carbocycles. The molecule has 8 heteroatoms. The lowest BCUT2D eigenvalue weighted by atomic mass is 9.94. The summed E-state index contributed by atoms with van der Waals surface area (Å²) in [6, 6.07) is 29.1. The van der Waals surface area contributed by atoms with Gasteiger partial charge in [-0.15, -0.1) is 0 Å². The number of ether oxygens (including phenoxy) is 4. The van der Waals surface area contributed by atoms with Crippen LogP contribution >= 0.6 is 11.8 Å². The Morgan fingerprint density at radius 1 is 0.952 bits per heavy atom. The highest BCUT2D eigenvalue weighted by atomic mass is 32.2. The van der Waals surface area contributed by atoms with E-state index in [1.165, 1.54) is 11.8 Å². The van der Waals surface area contributed by atoms with E-state index in [1.54, 1.807) is 19.1 Å². The molecule has 0 N–H and O–H groups in total. The van der Waals surface area contributed by atoms with Gasteiger partial charge >= 0.3 is 5.97 Å². The molecule has 0 saturated carbocycles. The van der Waals surface area contributed by atoms with Gasteiger partial charge in [-0.3, -0.25) is 4.79 Å². The number of thioether (sulfide) groups is 1. The van der Waals surface area contributed by atoms with Gasteiger partial charge in [0.05, 0.1) is 25.3 Å². The van der Waals surface area contributed by atoms with Gasteiger partial charge in [0.1, 0.15) is 11.9 Å². The van der Waals surface area contributed by atoms with Crippen LogP contribution in [0.3, 0.4) is 0 Å². The van der Waals surface area contributed by atoms with E-state index in [1.807, 2.05) is 72.8 Å². The van der Waals surface area contributed by atoms with Crippen LogP contribution in [-0.2, 0) is 20.8 Å². The van der Waals surface area contributed by atoms with Gasteiger partial charge in [-0.1, -0.05) is 84.6 Å². The standard InChI is InChI=1S/C34H33NO6S/c1-38-25-16-14-23(15-17-25)21-35-31(22-42-33(35)37)34(39-2)20-26(18-19-40-34)41-32(36)30-12-6-5-11-29(30)28-13-7-9-24-8-3-4-10-27(24)28/h3-17,26,31H,18-22H2,1-2H3/t26?,31-,34?/m0/s1. The van der Waals surface area contributed by atoms with Crippen LogP contribution in [0.1, 0.15) is 28.8 Å². The minimum Gasteiger partial charge on any atom is -0.497 e. The summed E-state index contributed by atoms with van der Waals surface area (Å²) in [5, 5.41) is 2.15. The number of hydrogen-bond donors (Lipinski definition) is 0. The van der Waals surface area contributed by atoms with Crippen molar-refractivity contribution in [1.82, 2.24) is 4.90 Å². The fourth-order valence-corrected chi connectivity index (χ4v) is 7.03. The van der Waals surface area contributed by atoms with Gasteiger partial charge in [-0.2, -0.15) is 0 Å². The fourth-order valence-electron chi connectivity index (χ4n) is 5.94. The van der Waals surface area contributed by atoms with E-state index in [4.69, 9.17) is 18.9 Å². The first-order valence-electron chi connectivity index (χ1n) is 14.0. The van der Waals surface area contributed by atoms with E-state index in [-0.39, 0.29) is 17.3 Å². The van der Waals surface area contributed by atoms with Gasteiger partial charge in [0.15, 0.2) is 5.79 Å². The number of methoxy groups -OCH3 is 2. The molecule has 2 fully saturated rings. The van der Waals surface area contributed by atoms with Crippen LogP contribution in [0.4, 0.5) is 4.79 Å². The van der Waals surface area contributed by atoms with Gasteiger partial charge in [-0.05, 0) is 45.7 Å². The highest BCUT2D eigenvalue weighted by molar-refractivity contribution is 8.13. The second-order valence-corrected chi connectivity index (χ2v) is 11.5. The molecule has 42 heavy (non-hydrogen) atoms. The molecule has 3 atom stereocenters. The van der Waals surface area contributed by atoms with E-state index >= 15 is 0 Å². The number of benzene rings is 4. The third-order valence-corrected chi connectivity index (χ3v) is 9.10. The van der Waals surface area contributed by atoms with Crippen molar-refractivity contribution >= 4 is 33.7 Å². The van der Waals surface area contributed by atoms with Crippen molar-refractivity contribution < 1.29 is 28.5 Å². The molecule has 0 bridgehead atoms. The first-order chi connectivity index (χ1) is 20.5. The average Bonchev–Trinajstić information content (AvgIpc) is 3.41. The summed E-state index contributed by atoms with van der Waals surface area (Å²) in [5.74, 6) is -0.201. The summed E-state index contributed by atoms with van der Waals surface area (Å²) in [4.78, 5) is 28.5. The predicted molar refractivity (Wildman–Crippen MR) is 164 cm³/mol. The number of carbonyl (C=O) groups excluding carboxylic acids is 2. The topological polar surface area (TPSA) is 74.3 Å². The van der Waals surface area contributed by atoms with Gasteiger partial charge in [0.2, 0.25) is 0 Å². The number of fused-ring (bicyclic) bond motifs is 1. The second-order valence-electron chi connectivity index (χ2n) is 10.5. The smallest absolute Gasteiger partial charge is 0.339 e. The highest BCUT2D eigenvalue weighted by Gasteiger charge is 2.52. The van der Waals surface area contributed by atoms with Crippen LogP contribution in [-0.4, -0.2) is 60.6 Å². The first-order valence-corrected chi connectivity index (χ1v) is 15.0. The van der Waals surface area contributed by atoms with Crippen molar-refractivity contribution in [3.8, 4) is 16.9 Å². The van der Waals surface area contributed by atoms with Crippen molar-refractivity contribution in [2.45, 2.75) is 37.3 Å². The molecule has 216 valence electrons. The van der Waals surface area contributed by atoms with Crippen LogP contribution in [0.25, 0.3) is 21.9 Å². The number of esters is 1. The summed E-state index contributed by atoms with van der Waals surface area (Å²) in [6.07, 6.45) is 0.429. The summed E-state index contributed by atoms with van der Waals surface area (Å²) in [5.41, 5.74) is 3.30. The molecule has 2 saturated heterocycles. The van der Waals surface area contributed by atoms with Gasteiger partial charge in [0.25, 0.3) is 5.24 Å². The van der Waals surface area contributed by atoms with Crippen molar-refractivity contribution in [2.24, 2.45) is 0 Å². The largest absolute Gasteiger partial charge is 0.497 e. The van der Waals surface area contributed by atoms with Crippen molar-refractivity contribution in [2.75, 3.05) is 26.6 Å². The zero-order valence-corrected chi connectivity index (χ0v) is 24.5. The van der Waals surface area contributed by atoms with Crippen LogP contribution in [0, 0.1) is 0 Å². The minimum absolute atomic E-state index is 0.0287. The maximum Gasteiger partial charge on any atom is 0.339 e. The van der Waals surface area contributed by atoms with Crippen LogP contribution < -0.4 is 4.74 Å². The maximum absolute atomic E-state index is 13.7. The summed E-state index contributed by atoms with van der Waals surface area (Å²) in [7, 11) is 3.22. The average molecular weight is 584 g/mol. The molecule has 2 aliphatic rings. The number of nitrogens with zero attached hydrogens (tertiary/aromatic N) is 1. The monoisotopic (exact) mass is 583 g/mol. The van der Waals surface area contributed by atoms with E-state index in [2.05, 4.69) is 18.2 Å². The molecule has 6 rings (SSSR count). The van der Waals surface area contributed by atoms with Crippen molar-refractivity contribution in [3.05, 3.63) is 102 Å². The molecule has 0 aliphatic carbocycles. The summed E-state index contributed by atoms with van der Waals surface area (Å²) < 4.78 is 23.7. The van der Waals surface area contributed by atoms with Crippen molar-refractivity contribution in [3.63, 3.8) is 0 Å². The van der Waals surface area contributed by atoms with E-state index in [0.717, 1.165) is 33.2 Å². The lowest BCUT2D eigenvalue weighted by Crippen LogP contribution is -2.58. The molecule has 0 aromatic heterocycles. The Hall–Kier alpha value is -3.85. The molecule has 1 amide bonds. The second kappa shape index (κ2) is 12.2.